The molecule has 2 aromatic heterocycles. The van der Waals surface area contributed by atoms with Crippen LogP contribution < -0.4 is 10.9 Å². The minimum atomic E-state index is -0.266. The summed E-state index contributed by atoms with van der Waals surface area (Å²) < 4.78 is 1.33. The van der Waals surface area contributed by atoms with Gasteiger partial charge in [0.05, 0.1) is 23.1 Å². The first kappa shape index (κ1) is 13.0. The zero-order valence-corrected chi connectivity index (χ0v) is 11.5. The average molecular weight is 285 g/mol. The van der Waals surface area contributed by atoms with E-state index in [1.807, 2.05) is 12.3 Å². The summed E-state index contributed by atoms with van der Waals surface area (Å²) >= 11 is 7.55. The maximum absolute atomic E-state index is 11.7. The van der Waals surface area contributed by atoms with Crippen molar-refractivity contribution in [3.05, 3.63) is 38.2 Å². The lowest BCUT2D eigenvalue weighted by atomic mass is 10.3. The quantitative estimate of drug-likeness (QED) is 0.913. The highest BCUT2D eigenvalue weighted by Crippen LogP contribution is 2.15. The third-order valence-electron chi connectivity index (χ3n) is 2.46. The Labute approximate surface area is 113 Å². The molecule has 0 aliphatic carbocycles. The van der Waals surface area contributed by atoms with E-state index >= 15 is 0 Å². The number of thiazole rings is 1. The van der Waals surface area contributed by atoms with Crippen LogP contribution in [0.1, 0.15) is 12.6 Å². The Morgan fingerprint density at radius 1 is 1.56 bits per heavy atom. The maximum Gasteiger partial charge on any atom is 0.287 e. The fourth-order valence-electron chi connectivity index (χ4n) is 1.50. The highest BCUT2D eigenvalue weighted by molar-refractivity contribution is 7.07. The zero-order valence-electron chi connectivity index (χ0n) is 9.89. The van der Waals surface area contributed by atoms with Crippen molar-refractivity contribution < 1.29 is 0 Å². The molecule has 0 fully saturated rings. The molecule has 2 rings (SSSR count). The van der Waals surface area contributed by atoms with Crippen molar-refractivity contribution in [3.8, 4) is 0 Å². The summed E-state index contributed by atoms with van der Waals surface area (Å²) in [5.41, 5.74) is 3.13. The van der Waals surface area contributed by atoms with Gasteiger partial charge in [0.15, 0.2) is 0 Å². The smallest absolute Gasteiger partial charge is 0.287 e. The van der Waals surface area contributed by atoms with Gasteiger partial charge in [-0.1, -0.05) is 11.6 Å². The molecule has 0 spiro atoms. The van der Waals surface area contributed by atoms with E-state index in [4.69, 9.17) is 11.6 Å². The Morgan fingerprint density at radius 3 is 3.06 bits per heavy atom. The molecule has 18 heavy (non-hydrogen) atoms. The molecule has 96 valence electrons. The number of aryl methyl sites for hydroxylation is 1. The number of anilines is 1. The van der Waals surface area contributed by atoms with Gasteiger partial charge >= 0.3 is 0 Å². The van der Waals surface area contributed by atoms with Crippen molar-refractivity contribution in [3.63, 3.8) is 0 Å². The third-order valence-corrected chi connectivity index (χ3v) is 3.47. The fourth-order valence-corrected chi connectivity index (χ4v) is 2.31. The first-order chi connectivity index (χ1) is 8.72. The number of hydrogen-bond acceptors (Lipinski definition) is 5. The molecule has 0 saturated carbocycles. The Kier molecular flexibility index (Phi) is 4.33. The number of nitrogens with one attached hydrogen (secondary N) is 1. The summed E-state index contributed by atoms with van der Waals surface area (Å²) in [6, 6.07) is 0. The van der Waals surface area contributed by atoms with Crippen LogP contribution >= 0.6 is 22.9 Å². The standard InChI is InChI=1S/C11H13ClN4OS/c1-2-16-11(17)10(12)9(5-15-16)13-4-3-8-6-18-7-14-8/h5-7,13H,2-4H2,1H3. The Hall–Kier alpha value is -1.40. The van der Waals surface area contributed by atoms with Crippen LogP contribution in [0.15, 0.2) is 21.9 Å². The first-order valence-electron chi connectivity index (χ1n) is 5.59. The first-order valence-corrected chi connectivity index (χ1v) is 6.91. The van der Waals surface area contributed by atoms with E-state index in [2.05, 4.69) is 15.4 Å². The molecule has 2 heterocycles. The van der Waals surface area contributed by atoms with E-state index in [9.17, 15) is 4.79 Å². The molecule has 0 aromatic carbocycles. The summed E-state index contributed by atoms with van der Waals surface area (Å²) in [6.07, 6.45) is 2.37. The topological polar surface area (TPSA) is 59.8 Å². The predicted octanol–water partition coefficient (Wildman–Crippen LogP) is 2.03. The lowest BCUT2D eigenvalue weighted by Crippen LogP contribution is -2.23. The minimum Gasteiger partial charge on any atom is -0.382 e. The van der Waals surface area contributed by atoms with Crippen LogP contribution in [-0.2, 0) is 13.0 Å². The van der Waals surface area contributed by atoms with Crippen molar-refractivity contribution in [2.75, 3.05) is 11.9 Å². The molecule has 0 atom stereocenters. The van der Waals surface area contributed by atoms with Gasteiger partial charge in [-0.05, 0) is 6.92 Å². The van der Waals surface area contributed by atoms with Gasteiger partial charge in [0.25, 0.3) is 5.56 Å². The van der Waals surface area contributed by atoms with Crippen LogP contribution in [0.25, 0.3) is 0 Å². The third kappa shape index (κ3) is 2.88. The second-order valence-corrected chi connectivity index (χ2v) is 4.75. The average Bonchev–Trinajstić information content (AvgIpc) is 2.88. The molecular formula is C11H13ClN4OS. The van der Waals surface area contributed by atoms with Crippen molar-refractivity contribution in [1.29, 1.82) is 0 Å². The largest absolute Gasteiger partial charge is 0.382 e. The number of rotatable bonds is 5. The van der Waals surface area contributed by atoms with Gasteiger partial charge in [0.2, 0.25) is 0 Å². The molecule has 0 bridgehead atoms. The second kappa shape index (κ2) is 5.97. The predicted molar refractivity (Wildman–Crippen MR) is 73.5 cm³/mol. The number of halogens is 1. The van der Waals surface area contributed by atoms with Crippen LogP contribution in [0.5, 0.6) is 0 Å². The Bertz CT molecular complexity index is 567. The lowest BCUT2D eigenvalue weighted by Gasteiger charge is -2.08. The molecule has 2 aromatic rings. The monoisotopic (exact) mass is 284 g/mol. The molecule has 0 saturated heterocycles. The van der Waals surface area contributed by atoms with Crippen LogP contribution in [0.4, 0.5) is 5.69 Å². The van der Waals surface area contributed by atoms with Crippen LogP contribution in [0.3, 0.4) is 0 Å². The zero-order chi connectivity index (χ0) is 13.0. The van der Waals surface area contributed by atoms with Crippen molar-refractivity contribution in [2.45, 2.75) is 19.9 Å². The highest BCUT2D eigenvalue weighted by atomic mass is 35.5. The van der Waals surface area contributed by atoms with E-state index in [0.717, 1.165) is 12.1 Å². The minimum absolute atomic E-state index is 0.185. The Morgan fingerprint density at radius 2 is 2.39 bits per heavy atom. The van der Waals surface area contributed by atoms with Gasteiger partial charge in [-0.15, -0.1) is 11.3 Å². The molecule has 0 unspecified atom stereocenters. The van der Waals surface area contributed by atoms with E-state index in [1.54, 1.807) is 23.0 Å². The van der Waals surface area contributed by atoms with Crippen molar-refractivity contribution >= 4 is 28.6 Å². The van der Waals surface area contributed by atoms with Crippen molar-refractivity contribution in [1.82, 2.24) is 14.8 Å². The summed E-state index contributed by atoms with van der Waals surface area (Å²) in [5, 5.41) is 9.30. The summed E-state index contributed by atoms with van der Waals surface area (Å²) in [7, 11) is 0. The van der Waals surface area contributed by atoms with Gasteiger partial charge in [0, 0.05) is 24.9 Å². The van der Waals surface area contributed by atoms with Crippen LogP contribution in [-0.4, -0.2) is 21.3 Å². The number of nitrogens with zero attached hydrogens (tertiary/aromatic N) is 3. The maximum atomic E-state index is 11.7. The highest BCUT2D eigenvalue weighted by Gasteiger charge is 2.07. The van der Waals surface area contributed by atoms with E-state index in [1.165, 1.54) is 4.68 Å². The van der Waals surface area contributed by atoms with E-state index in [0.29, 0.717) is 18.8 Å². The Balaban J connectivity index is 2.02. The normalized spacial score (nSPS) is 10.6. The number of aromatic nitrogens is 3. The lowest BCUT2D eigenvalue weighted by molar-refractivity contribution is 0.616. The SMILES string of the molecule is CCn1ncc(NCCc2cscn2)c(Cl)c1=O. The van der Waals surface area contributed by atoms with Crippen LogP contribution in [0.2, 0.25) is 5.02 Å². The van der Waals surface area contributed by atoms with E-state index in [-0.39, 0.29) is 10.6 Å². The molecule has 0 amide bonds. The van der Waals surface area contributed by atoms with Gasteiger partial charge in [-0.2, -0.15) is 5.10 Å². The van der Waals surface area contributed by atoms with Gasteiger partial charge in [-0.3, -0.25) is 4.79 Å². The van der Waals surface area contributed by atoms with Crippen LogP contribution in [0, 0.1) is 0 Å². The molecule has 0 aliphatic rings. The van der Waals surface area contributed by atoms with Crippen molar-refractivity contribution in [2.24, 2.45) is 0 Å². The molecule has 0 radical (unpaired) electrons. The van der Waals surface area contributed by atoms with Gasteiger partial charge in [0.1, 0.15) is 5.02 Å². The molecule has 1 N–H and O–H groups in total. The summed E-state index contributed by atoms with van der Waals surface area (Å²) in [4.78, 5) is 15.9. The second-order valence-electron chi connectivity index (χ2n) is 3.65. The van der Waals surface area contributed by atoms with Gasteiger partial charge < -0.3 is 5.32 Å². The summed E-state index contributed by atoms with van der Waals surface area (Å²) in [6.45, 7) is 3.03. The van der Waals surface area contributed by atoms with Gasteiger partial charge in [-0.25, -0.2) is 9.67 Å². The number of hydrogen-bond donors (Lipinski definition) is 1. The molecule has 0 aliphatic heterocycles. The molecule has 7 heteroatoms. The molecule has 5 nitrogen and oxygen atoms in total. The summed E-state index contributed by atoms with van der Waals surface area (Å²) in [5.74, 6) is 0. The van der Waals surface area contributed by atoms with E-state index < -0.39 is 0 Å². The molecular weight excluding hydrogens is 272 g/mol. The fraction of sp³-hybridized carbons (Fsp3) is 0.364.